The second-order valence-electron chi connectivity index (χ2n) is 2.90. The summed E-state index contributed by atoms with van der Waals surface area (Å²) in [6.45, 7) is -1.12. The first-order valence-electron chi connectivity index (χ1n) is 4.24. The Morgan fingerprint density at radius 2 is 2.12 bits per heavy atom. The van der Waals surface area contributed by atoms with E-state index in [1.54, 1.807) is 28.7 Å². The number of alkyl halides is 4. The fraction of sp³-hybridized carbons (Fsp3) is 0.333. The van der Waals surface area contributed by atoms with Crippen LogP contribution in [0.2, 0.25) is 0 Å². The van der Waals surface area contributed by atoms with Crippen LogP contribution >= 0.6 is 22.6 Å². The molecule has 0 bridgehead atoms. The largest absolute Gasteiger partial charge is 0.573 e. The number of nitrogens with zero attached hydrogens (tertiary/aromatic N) is 2. The third-order valence-electron chi connectivity index (χ3n) is 1.71. The first-order chi connectivity index (χ1) is 7.87. The average molecular weight is 360 g/mol. The van der Waals surface area contributed by atoms with Crippen molar-refractivity contribution < 1.29 is 22.3 Å². The van der Waals surface area contributed by atoms with Crippen molar-refractivity contribution >= 4 is 22.6 Å². The maximum absolute atomic E-state index is 12.6. The van der Waals surface area contributed by atoms with E-state index in [0.29, 0.717) is 0 Å². The van der Waals surface area contributed by atoms with Crippen molar-refractivity contribution in [3.8, 4) is 11.8 Å². The molecule has 1 aromatic heterocycles. The number of rotatable bonds is 3. The van der Waals surface area contributed by atoms with Crippen LogP contribution in [-0.2, 0) is 13.1 Å². The van der Waals surface area contributed by atoms with Crippen molar-refractivity contribution in [2.45, 2.75) is 19.5 Å². The first kappa shape index (κ1) is 14.0. The summed E-state index contributed by atoms with van der Waals surface area (Å²) in [6, 6.07) is 2.67. The Kier molecular flexibility index (Phi) is 4.50. The average Bonchev–Trinajstić information content (AvgIpc) is 2.15. The van der Waals surface area contributed by atoms with Gasteiger partial charge < -0.3 is 4.74 Å². The minimum atomic E-state index is -4.90. The van der Waals surface area contributed by atoms with E-state index in [0.717, 1.165) is 6.07 Å². The third kappa shape index (κ3) is 3.99. The van der Waals surface area contributed by atoms with Crippen LogP contribution in [0.1, 0.15) is 11.3 Å². The Morgan fingerprint density at radius 1 is 1.47 bits per heavy atom. The number of pyridine rings is 1. The zero-order chi connectivity index (χ0) is 13.1. The van der Waals surface area contributed by atoms with Crippen LogP contribution in [0.4, 0.5) is 17.6 Å². The normalized spacial score (nSPS) is 11.1. The summed E-state index contributed by atoms with van der Waals surface area (Å²) in [5, 5.41) is 8.43. The molecule has 0 N–H and O–H groups in total. The fourth-order valence-electron chi connectivity index (χ4n) is 1.07. The van der Waals surface area contributed by atoms with Crippen molar-refractivity contribution in [1.29, 1.82) is 5.26 Å². The molecule has 0 atom stereocenters. The molecule has 0 radical (unpaired) electrons. The molecular weight excluding hydrogens is 355 g/mol. The molecule has 8 heteroatoms. The Morgan fingerprint density at radius 3 is 2.59 bits per heavy atom. The lowest BCUT2D eigenvalue weighted by Gasteiger charge is -2.13. The molecule has 0 saturated carbocycles. The lowest BCUT2D eigenvalue weighted by molar-refractivity contribution is -0.275. The summed E-state index contributed by atoms with van der Waals surface area (Å²) in [7, 11) is 0. The zero-order valence-electron chi connectivity index (χ0n) is 8.18. The second-order valence-corrected chi connectivity index (χ2v) is 3.92. The van der Waals surface area contributed by atoms with Gasteiger partial charge in [-0.15, -0.1) is 13.2 Å². The van der Waals surface area contributed by atoms with E-state index >= 15 is 0 Å². The highest BCUT2D eigenvalue weighted by atomic mass is 127. The first-order valence-corrected chi connectivity index (χ1v) is 5.32. The van der Waals surface area contributed by atoms with Gasteiger partial charge in [0.05, 0.1) is 23.7 Å². The molecule has 0 aliphatic heterocycles. The van der Waals surface area contributed by atoms with E-state index in [9.17, 15) is 17.6 Å². The highest BCUT2D eigenvalue weighted by molar-refractivity contribution is 14.1. The minimum absolute atomic E-state index is 0.0529. The number of nitriles is 1. The molecule has 0 amide bonds. The summed E-state index contributed by atoms with van der Waals surface area (Å²) in [5.41, 5.74) is -0.169. The van der Waals surface area contributed by atoms with Crippen LogP contribution in [0.5, 0.6) is 5.75 Å². The lowest BCUT2D eigenvalue weighted by atomic mass is 10.2. The SMILES string of the molecule is N#CCc1cc(OC(F)(F)F)c(CF)c(I)n1. The van der Waals surface area contributed by atoms with Crippen LogP contribution in [0.3, 0.4) is 0 Å². The van der Waals surface area contributed by atoms with E-state index in [1.807, 2.05) is 0 Å². The molecule has 3 nitrogen and oxygen atoms in total. The Hall–Kier alpha value is -1.11. The fourth-order valence-corrected chi connectivity index (χ4v) is 1.79. The number of hydrogen-bond donors (Lipinski definition) is 0. The van der Waals surface area contributed by atoms with Crippen LogP contribution < -0.4 is 4.74 Å². The van der Waals surface area contributed by atoms with Gasteiger partial charge in [-0.05, 0) is 22.6 Å². The predicted molar refractivity (Wildman–Crippen MR) is 57.8 cm³/mol. The number of hydrogen-bond acceptors (Lipinski definition) is 3. The smallest absolute Gasteiger partial charge is 0.405 e. The van der Waals surface area contributed by atoms with Gasteiger partial charge in [-0.25, -0.2) is 9.37 Å². The quantitative estimate of drug-likeness (QED) is 0.473. The second kappa shape index (κ2) is 5.48. The van der Waals surface area contributed by atoms with Crippen molar-refractivity contribution in [3.05, 3.63) is 21.0 Å². The summed E-state index contributed by atoms with van der Waals surface area (Å²) in [4.78, 5) is 3.80. The monoisotopic (exact) mass is 360 g/mol. The molecule has 0 spiro atoms. The molecular formula is C9H5F4IN2O. The van der Waals surface area contributed by atoms with Gasteiger partial charge in [0, 0.05) is 6.07 Å². The molecule has 0 saturated heterocycles. The molecule has 0 unspecified atom stereocenters. The molecule has 1 heterocycles. The third-order valence-corrected chi connectivity index (χ3v) is 2.60. The molecule has 1 aromatic rings. The van der Waals surface area contributed by atoms with Gasteiger partial charge in [0.15, 0.2) is 0 Å². The van der Waals surface area contributed by atoms with Crippen molar-refractivity contribution in [1.82, 2.24) is 4.98 Å². The van der Waals surface area contributed by atoms with Gasteiger partial charge in [-0.2, -0.15) is 5.26 Å². The molecule has 0 fully saturated rings. The van der Waals surface area contributed by atoms with Gasteiger partial charge in [0.25, 0.3) is 0 Å². The van der Waals surface area contributed by atoms with Crippen LogP contribution in [0.15, 0.2) is 6.07 Å². The standard InChI is InChI=1S/C9H5F4IN2O/c10-4-6-7(17-9(11,12)13)3-5(1-2-15)16-8(6)14/h3H,1,4H2. The Bertz CT molecular complexity index is 456. The summed E-state index contributed by atoms with van der Waals surface area (Å²) in [5.74, 6) is -0.648. The molecule has 1 rings (SSSR count). The maximum Gasteiger partial charge on any atom is 0.573 e. The van der Waals surface area contributed by atoms with Gasteiger partial charge in [-0.1, -0.05) is 0 Å². The van der Waals surface area contributed by atoms with E-state index in [4.69, 9.17) is 5.26 Å². The molecule has 0 aromatic carbocycles. The van der Waals surface area contributed by atoms with Crippen LogP contribution in [0.25, 0.3) is 0 Å². The van der Waals surface area contributed by atoms with Gasteiger partial charge >= 0.3 is 6.36 Å². The number of aromatic nitrogens is 1. The van der Waals surface area contributed by atoms with E-state index in [1.165, 1.54) is 0 Å². The lowest BCUT2D eigenvalue weighted by Crippen LogP contribution is -2.19. The van der Waals surface area contributed by atoms with E-state index < -0.39 is 18.8 Å². The van der Waals surface area contributed by atoms with Crippen molar-refractivity contribution in [2.75, 3.05) is 0 Å². The Balaban J connectivity index is 3.20. The number of halogens is 5. The van der Waals surface area contributed by atoms with Crippen LogP contribution in [-0.4, -0.2) is 11.3 Å². The van der Waals surface area contributed by atoms with Crippen molar-refractivity contribution in [3.63, 3.8) is 0 Å². The van der Waals surface area contributed by atoms with Gasteiger partial charge in [-0.3, -0.25) is 0 Å². The zero-order valence-corrected chi connectivity index (χ0v) is 10.3. The van der Waals surface area contributed by atoms with Gasteiger partial charge in [0.2, 0.25) is 0 Å². The Labute approximate surface area is 108 Å². The van der Waals surface area contributed by atoms with Gasteiger partial charge in [0.1, 0.15) is 16.1 Å². The maximum atomic E-state index is 12.6. The molecule has 92 valence electrons. The number of ether oxygens (including phenoxy) is 1. The van der Waals surface area contributed by atoms with Crippen LogP contribution in [0, 0.1) is 15.0 Å². The van der Waals surface area contributed by atoms with E-state index in [-0.39, 0.29) is 21.4 Å². The summed E-state index contributed by atoms with van der Waals surface area (Å²) >= 11 is 1.59. The molecule has 17 heavy (non-hydrogen) atoms. The predicted octanol–water partition coefficient (Wildman–Crippen LogP) is 3.12. The summed E-state index contributed by atoms with van der Waals surface area (Å²) < 4.78 is 52.6. The van der Waals surface area contributed by atoms with Crippen molar-refractivity contribution in [2.24, 2.45) is 0 Å². The minimum Gasteiger partial charge on any atom is -0.405 e. The highest BCUT2D eigenvalue weighted by Gasteiger charge is 2.33. The highest BCUT2D eigenvalue weighted by Crippen LogP contribution is 2.30. The molecule has 0 aliphatic carbocycles. The summed E-state index contributed by atoms with van der Waals surface area (Å²) in [6.07, 6.45) is -5.07. The molecule has 0 aliphatic rings. The van der Waals surface area contributed by atoms with E-state index in [2.05, 4.69) is 9.72 Å². The topological polar surface area (TPSA) is 45.9 Å².